The second kappa shape index (κ2) is 4.45. The molecule has 5 nitrogen and oxygen atoms in total. The summed E-state index contributed by atoms with van der Waals surface area (Å²) in [7, 11) is 0. The number of carbonyl (C=O) groups is 1. The Morgan fingerprint density at radius 3 is 2.50 bits per heavy atom. The van der Waals surface area contributed by atoms with Gasteiger partial charge < -0.3 is 5.11 Å². The summed E-state index contributed by atoms with van der Waals surface area (Å²) in [6.07, 6.45) is -5.07. The predicted molar refractivity (Wildman–Crippen MR) is 42.6 cm³/mol. The zero-order valence-corrected chi connectivity index (χ0v) is 7.83. The van der Waals surface area contributed by atoms with Crippen molar-refractivity contribution in [2.24, 2.45) is 0 Å². The number of hydrogen-bond acceptors (Lipinski definition) is 3. The van der Waals surface area contributed by atoms with E-state index in [4.69, 9.17) is 5.11 Å². The lowest BCUT2D eigenvalue weighted by Crippen LogP contribution is -2.18. The Balaban J connectivity index is 3.15. The van der Waals surface area contributed by atoms with Crippen LogP contribution >= 0.6 is 0 Å². The normalized spacial score (nSPS) is 11.8. The number of nitrogens with zero attached hydrogens (tertiary/aromatic N) is 3. The molecule has 1 aromatic heterocycles. The molecule has 0 aliphatic rings. The third kappa shape index (κ3) is 2.47. The summed E-state index contributed by atoms with van der Waals surface area (Å²) < 4.78 is 49.6. The van der Waals surface area contributed by atoms with Crippen molar-refractivity contribution in [1.29, 1.82) is 0 Å². The molecule has 0 spiro atoms. The monoisotopic (exact) mass is 241 g/mol. The molecule has 0 radical (unpaired) electrons. The van der Waals surface area contributed by atoms with Crippen LogP contribution in [0.2, 0.25) is 0 Å². The van der Waals surface area contributed by atoms with Gasteiger partial charge in [-0.05, 0) is 6.42 Å². The van der Waals surface area contributed by atoms with E-state index in [0.29, 0.717) is 4.68 Å². The highest BCUT2D eigenvalue weighted by Gasteiger charge is 2.41. The van der Waals surface area contributed by atoms with E-state index in [1.807, 2.05) is 0 Å². The molecule has 0 amide bonds. The number of hydrogen-bond donors (Lipinski definition) is 1. The Hall–Kier alpha value is -1.67. The average molecular weight is 241 g/mol. The molecule has 0 fully saturated rings. The number of rotatable bonds is 4. The second-order valence-electron chi connectivity index (χ2n) is 2.86. The number of aromatic nitrogens is 3. The van der Waals surface area contributed by atoms with Crippen molar-refractivity contribution in [3.8, 4) is 0 Å². The van der Waals surface area contributed by atoms with Gasteiger partial charge in [-0.15, -0.1) is 5.10 Å². The number of aryl methyl sites for hydroxylation is 1. The Bertz CT molecular complexity index is 387. The lowest BCUT2D eigenvalue weighted by molar-refractivity contribution is -0.144. The molecule has 0 bridgehead atoms. The summed E-state index contributed by atoms with van der Waals surface area (Å²) in [5.41, 5.74) is -2.64. The molecule has 16 heavy (non-hydrogen) atoms. The van der Waals surface area contributed by atoms with Crippen LogP contribution in [0.4, 0.5) is 17.6 Å². The zero-order valence-electron chi connectivity index (χ0n) is 7.83. The van der Waals surface area contributed by atoms with Crippen LogP contribution in [0.15, 0.2) is 0 Å². The third-order valence-electron chi connectivity index (χ3n) is 1.71. The summed E-state index contributed by atoms with van der Waals surface area (Å²) in [5.74, 6) is -1.82. The van der Waals surface area contributed by atoms with E-state index in [0.717, 1.165) is 0 Å². The Morgan fingerprint density at radius 1 is 1.44 bits per heavy atom. The van der Waals surface area contributed by atoms with Crippen LogP contribution in [0, 0.1) is 0 Å². The molecule has 0 saturated carbocycles. The highest BCUT2D eigenvalue weighted by molar-refractivity contribution is 5.86. The van der Waals surface area contributed by atoms with Crippen molar-refractivity contribution in [2.45, 2.75) is 19.1 Å². The van der Waals surface area contributed by atoms with Gasteiger partial charge in [-0.25, -0.2) is 9.48 Å². The second-order valence-corrected chi connectivity index (χ2v) is 2.86. The van der Waals surface area contributed by atoms with Crippen LogP contribution in [0.25, 0.3) is 0 Å². The maximum absolute atomic E-state index is 12.5. The molecule has 90 valence electrons. The highest BCUT2D eigenvalue weighted by atomic mass is 19.4. The van der Waals surface area contributed by atoms with Crippen LogP contribution in [0.3, 0.4) is 0 Å². The topological polar surface area (TPSA) is 68.0 Å². The number of halogens is 4. The van der Waals surface area contributed by atoms with E-state index < -0.39 is 30.2 Å². The van der Waals surface area contributed by atoms with Gasteiger partial charge in [-0.2, -0.15) is 13.2 Å². The Labute approximate surface area is 86.7 Å². The molecule has 1 aromatic rings. The van der Waals surface area contributed by atoms with E-state index in [-0.39, 0.29) is 13.0 Å². The number of carboxylic acid groups (broad SMARTS) is 1. The maximum atomic E-state index is 12.5. The van der Waals surface area contributed by atoms with Crippen molar-refractivity contribution in [2.75, 3.05) is 6.67 Å². The molecule has 1 rings (SSSR count). The van der Waals surface area contributed by atoms with Crippen molar-refractivity contribution >= 4 is 5.97 Å². The molecule has 1 heterocycles. The molecular weight excluding hydrogens is 234 g/mol. The Morgan fingerprint density at radius 2 is 2.06 bits per heavy atom. The summed E-state index contributed by atoms with van der Waals surface area (Å²) >= 11 is 0. The molecule has 0 aliphatic heterocycles. The van der Waals surface area contributed by atoms with E-state index in [1.54, 1.807) is 0 Å². The minimum absolute atomic E-state index is 0.189. The summed E-state index contributed by atoms with van der Waals surface area (Å²) in [6, 6.07) is 0. The summed E-state index contributed by atoms with van der Waals surface area (Å²) in [4.78, 5) is 10.5. The lowest BCUT2D eigenvalue weighted by atomic mass is 10.3. The van der Waals surface area contributed by atoms with Crippen molar-refractivity contribution < 1.29 is 27.5 Å². The fourth-order valence-corrected chi connectivity index (χ4v) is 1.10. The van der Waals surface area contributed by atoms with Crippen molar-refractivity contribution in [3.05, 3.63) is 11.4 Å². The molecular formula is C7H7F4N3O2. The number of carboxylic acids is 1. The molecule has 0 aliphatic carbocycles. The van der Waals surface area contributed by atoms with E-state index >= 15 is 0 Å². The fourth-order valence-electron chi connectivity index (χ4n) is 1.10. The van der Waals surface area contributed by atoms with Crippen LogP contribution in [-0.4, -0.2) is 32.7 Å². The fraction of sp³-hybridized carbons (Fsp3) is 0.571. The van der Waals surface area contributed by atoms with Gasteiger partial charge in [0.2, 0.25) is 5.69 Å². The first-order chi connectivity index (χ1) is 7.38. The minimum Gasteiger partial charge on any atom is -0.476 e. The van der Waals surface area contributed by atoms with Crippen LogP contribution in [-0.2, 0) is 12.7 Å². The van der Waals surface area contributed by atoms with Gasteiger partial charge in [0, 0.05) is 6.54 Å². The standard InChI is InChI=1S/C7H7F4N3O2/c8-2-1-3-14-5(7(9,10)11)4(6(15)16)12-13-14/h1-3H2,(H,15,16). The average Bonchev–Trinajstić information content (AvgIpc) is 2.57. The van der Waals surface area contributed by atoms with Gasteiger partial charge in [-0.1, -0.05) is 5.21 Å². The van der Waals surface area contributed by atoms with Gasteiger partial charge >= 0.3 is 12.1 Å². The first-order valence-corrected chi connectivity index (χ1v) is 4.18. The largest absolute Gasteiger partial charge is 0.476 e. The Kier molecular flexibility index (Phi) is 3.45. The summed E-state index contributed by atoms with van der Waals surface area (Å²) in [6.45, 7) is -1.19. The van der Waals surface area contributed by atoms with E-state index in [1.165, 1.54) is 0 Å². The van der Waals surface area contributed by atoms with Crippen LogP contribution in [0.1, 0.15) is 22.6 Å². The molecule has 0 saturated heterocycles. The zero-order chi connectivity index (χ0) is 12.3. The SMILES string of the molecule is O=C(O)c1nnn(CCCF)c1C(F)(F)F. The quantitative estimate of drug-likeness (QED) is 0.808. The van der Waals surface area contributed by atoms with Crippen LogP contribution < -0.4 is 0 Å². The van der Waals surface area contributed by atoms with Crippen molar-refractivity contribution in [1.82, 2.24) is 15.0 Å². The van der Waals surface area contributed by atoms with Gasteiger partial charge in [0.15, 0.2) is 5.69 Å². The smallest absolute Gasteiger partial charge is 0.435 e. The molecule has 0 unspecified atom stereocenters. The van der Waals surface area contributed by atoms with E-state index in [9.17, 15) is 22.4 Å². The summed E-state index contributed by atoms with van der Waals surface area (Å²) in [5, 5.41) is 14.4. The van der Waals surface area contributed by atoms with Gasteiger partial charge in [0.1, 0.15) is 0 Å². The molecule has 9 heteroatoms. The number of aromatic carboxylic acids is 1. The first kappa shape index (κ1) is 12.4. The molecule has 0 atom stereocenters. The molecule has 1 N–H and O–H groups in total. The minimum atomic E-state index is -4.88. The third-order valence-corrected chi connectivity index (χ3v) is 1.71. The highest BCUT2D eigenvalue weighted by Crippen LogP contribution is 2.31. The van der Waals surface area contributed by atoms with Crippen molar-refractivity contribution in [3.63, 3.8) is 0 Å². The number of alkyl halides is 4. The van der Waals surface area contributed by atoms with Gasteiger partial charge in [0.25, 0.3) is 0 Å². The van der Waals surface area contributed by atoms with E-state index in [2.05, 4.69) is 10.3 Å². The van der Waals surface area contributed by atoms with Crippen LogP contribution in [0.5, 0.6) is 0 Å². The first-order valence-electron chi connectivity index (χ1n) is 4.18. The maximum Gasteiger partial charge on any atom is 0.435 e. The van der Waals surface area contributed by atoms with Gasteiger partial charge in [0.05, 0.1) is 6.67 Å². The molecule has 0 aromatic carbocycles. The lowest BCUT2D eigenvalue weighted by Gasteiger charge is -2.08. The predicted octanol–water partition coefficient (Wildman–Crippen LogP) is 1.35. The van der Waals surface area contributed by atoms with Gasteiger partial charge in [-0.3, -0.25) is 4.39 Å².